The highest BCUT2D eigenvalue weighted by Gasteiger charge is 2.15. The normalized spacial score (nSPS) is 12.1. The van der Waals surface area contributed by atoms with E-state index in [4.69, 9.17) is 10.2 Å². The summed E-state index contributed by atoms with van der Waals surface area (Å²) in [6.07, 6.45) is 6.12. The fraction of sp³-hybridized carbons (Fsp3) is 0.444. The van der Waals surface area contributed by atoms with Crippen molar-refractivity contribution in [3.8, 4) is 0 Å². The number of nitrogens with zero attached hydrogens (tertiary/aromatic N) is 1. The monoisotopic (exact) mass is 315 g/mol. The molecule has 23 heavy (non-hydrogen) atoms. The van der Waals surface area contributed by atoms with Gasteiger partial charge >= 0.3 is 0 Å². The van der Waals surface area contributed by atoms with E-state index in [9.17, 15) is 4.79 Å². The average Bonchev–Trinajstić information content (AvgIpc) is 3.06. The van der Waals surface area contributed by atoms with E-state index in [1.54, 1.807) is 0 Å². The molecule has 0 aliphatic carbocycles. The Kier molecular flexibility index (Phi) is 6.81. The SMILES string of the molecule is CCCC(N)c1nc(C(=O)NCCCCc2ccccc2)co1. The van der Waals surface area contributed by atoms with Gasteiger partial charge in [-0.25, -0.2) is 4.98 Å². The summed E-state index contributed by atoms with van der Waals surface area (Å²) in [5.74, 6) is 0.226. The van der Waals surface area contributed by atoms with Crippen molar-refractivity contribution >= 4 is 5.91 Å². The molecule has 5 heteroatoms. The molecule has 1 atom stereocenters. The van der Waals surface area contributed by atoms with Gasteiger partial charge in [-0.05, 0) is 31.2 Å². The van der Waals surface area contributed by atoms with Crippen LogP contribution in [0, 0.1) is 0 Å². The Morgan fingerprint density at radius 3 is 2.83 bits per heavy atom. The summed E-state index contributed by atoms with van der Waals surface area (Å²) in [6.45, 7) is 2.68. The lowest BCUT2D eigenvalue weighted by atomic mass is 10.1. The molecule has 0 aliphatic heterocycles. The molecule has 0 radical (unpaired) electrons. The highest BCUT2D eigenvalue weighted by Crippen LogP contribution is 2.14. The van der Waals surface area contributed by atoms with Crippen molar-refractivity contribution in [2.45, 2.75) is 45.1 Å². The van der Waals surface area contributed by atoms with Gasteiger partial charge < -0.3 is 15.5 Å². The van der Waals surface area contributed by atoms with Gasteiger partial charge in [-0.1, -0.05) is 43.7 Å². The zero-order chi connectivity index (χ0) is 16.5. The van der Waals surface area contributed by atoms with E-state index in [0.717, 1.165) is 32.1 Å². The first kappa shape index (κ1) is 17.2. The molecule has 1 amide bonds. The predicted molar refractivity (Wildman–Crippen MR) is 90.1 cm³/mol. The van der Waals surface area contributed by atoms with E-state index < -0.39 is 0 Å². The zero-order valence-corrected chi connectivity index (χ0v) is 13.6. The van der Waals surface area contributed by atoms with Gasteiger partial charge in [0.15, 0.2) is 5.69 Å². The Bertz CT molecular complexity index is 595. The Labute approximate surface area is 137 Å². The molecule has 0 saturated carbocycles. The first-order chi connectivity index (χ1) is 11.2. The summed E-state index contributed by atoms with van der Waals surface area (Å²) in [6, 6.07) is 10.1. The maximum atomic E-state index is 12.0. The van der Waals surface area contributed by atoms with Crippen LogP contribution in [0.25, 0.3) is 0 Å². The number of benzene rings is 1. The van der Waals surface area contributed by atoms with Gasteiger partial charge in [-0.2, -0.15) is 0 Å². The van der Waals surface area contributed by atoms with Crippen molar-refractivity contribution in [1.82, 2.24) is 10.3 Å². The van der Waals surface area contributed by atoms with E-state index in [0.29, 0.717) is 18.1 Å². The Balaban J connectivity index is 1.68. The first-order valence-corrected chi connectivity index (χ1v) is 8.23. The van der Waals surface area contributed by atoms with Crippen LogP contribution in [0.3, 0.4) is 0 Å². The smallest absolute Gasteiger partial charge is 0.273 e. The first-order valence-electron chi connectivity index (χ1n) is 8.23. The molecule has 1 unspecified atom stereocenters. The van der Waals surface area contributed by atoms with Crippen molar-refractivity contribution in [3.63, 3.8) is 0 Å². The maximum Gasteiger partial charge on any atom is 0.273 e. The topological polar surface area (TPSA) is 81.1 Å². The molecule has 0 aliphatic rings. The quantitative estimate of drug-likeness (QED) is 0.696. The van der Waals surface area contributed by atoms with E-state index in [1.165, 1.54) is 11.8 Å². The third-order valence-corrected chi connectivity index (χ3v) is 3.69. The molecule has 1 aromatic carbocycles. The van der Waals surface area contributed by atoms with Crippen molar-refractivity contribution in [2.75, 3.05) is 6.54 Å². The molecule has 0 fully saturated rings. The second-order valence-electron chi connectivity index (χ2n) is 5.66. The molecular formula is C18H25N3O2. The van der Waals surface area contributed by atoms with E-state index in [2.05, 4.69) is 22.4 Å². The lowest BCUT2D eigenvalue weighted by Crippen LogP contribution is -2.25. The predicted octanol–water partition coefficient (Wildman–Crippen LogP) is 3.23. The lowest BCUT2D eigenvalue weighted by molar-refractivity contribution is 0.0948. The molecular weight excluding hydrogens is 290 g/mol. The van der Waals surface area contributed by atoms with Gasteiger partial charge in [-0.3, -0.25) is 4.79 Å². The van der Waals surface area contributed by atoms with Gasteiger partial charge in [0.05, 0.1) is 6.04 Å². The molecule has 2 aromatic rings. The number of carbonyl (C=O) groups excluding carboxylic acids is 1. The number of unbranched alkanes of at least 4 members (excludes halogenated alkanes) is 1. The number of oxazole rings is 1. The van der Waals surface area contributed by atoms with Crippen molar-refractivity contribution in [2.24, 2.45) is 5.73 Å². The van der Waals surface area contributed by atoms with Crippen LogP contribution in [0.15, 0.2) is 41.0 Å². The number of amides is 1. The van der Waals surface area contributed by atoms with Crippen molar-refractivity contribution in [3.05, 3.63) is 53.7 Å². The second-order valence-corrected chi connectivity index (χ2v) is 5.66. The molecule has 0 spiro atoms. The molecule has 5 nitrogen and oxygen atoms in total. The highest BCUT2D eigenvalue weighted by molar-refractivity contribution is 5.91. The third-order valence-electron chi connectivity index (χ3n) is 3.69. The van der Waals surface area contributed by atoms with Crippen molar-refractivity contribution in [1.29, 1.82) is 0 Å². The van der Waals surface area contributed by atoms with Gasteiger partial charge in [0.1, 0.15) is 6.26 Å². The number of aromatic nitrogens is 1. The second kappa shape index (κ2) is 9.10. The van der Waals surface area contributed by atoms with Crippen LogP contribution in [0.2, 0.25) is 0 Å². The zero-order valence-electron chi connectivity index (χ0n) is 13.6. The summed E-state index contributed by atoms with van der Waals surface area (Å²) in [5.41, 5.74) is 7.55. The number of nitrogens with one attached hydrogen (secondary N) is 1. The minimum atomic E-state index is -0.243. The minimum absolute atomic E-state index is 0.205. The van der Waals surface area contributed by atoms with Gasteiger partial charge in [-0.15, -0.1) is 0 Å². The van der Waals surface area contributed by atoms with Crippen molar-refractivity contribution < 1.29 is 9.21 Å². The van der Waals surface area contributed by atoms with Crippen LogP contribution < -0.4 is 11.1 Å². The number of aryl methyl sites for hydroxylation is 1. The van der Waals surface area contributed by atoms with Gasteiger partial charge in [0.25, 0.3) is 5.91 Å². The molecule has 124 valence electrons. The number of rotatable bonds is 9. The standard InChI is InChI=1S/C18H25N3O2/c1-2-8-15(19)18-21-16(13-23-18)17(22)20-12-7-6-11-14-9-4-3-5-10-14/h3-5,9-10,13,15H,2,6-8,11-12,19H2,1H3,(H,20,22). The third kappa shape index (κ3) is 5.53. The summed E-state index contributed by atoms with van der Waals surface area (Å²) >= 11 is 0. The van der Waals surface area contributed by atoms with Crippen LogP contribution >= 0.6 is 0 Å². The average molecular weight is 315 g/mol. The molecule has 1 aromatic heterocycles. The minimum Gasteiger partial charge on any atom is -0.446 e. The number of hydrogen-bond acceptors (Lipinski definition) is 4. The Morgan fingerprint density at radius 2 is 2.09 bits per heavy atom. The maximum absolute atomic E-state index is 12.0. The number of nitrogens with two attached hydrogens (primary N) is 1. The summed E-state index contributed by atoms with van der Waals surface area (Å²) in [4.78, 5) is 16.2. The van der Waals surface area contributed by atoms with Crippen LogP contribution in [0.5, 0.6) is 0 Å². The van der Waals surface area contributed by atoms with E-state index in [1.807, 2.05) is 25.1 Å². The van der Waals surface area contributed by atoms with E-state index in [-0.39, 0.29) is 11.9 Å². The van der Waals surface area contributed by atoms with Gasteiger partial charge in [0.2, 0.25) is 5.89 Å². The Morgan fingerprint density at radius 1 is 1.30 bits per heavy atom. The van der Waals surface area contributed by atoms with E-state index >= 15 is 0 Å². The molecule has 0 saturated heterocycles. The largest absolute Gasteiger partial charge is 0.446 e. The summed E-state index contributed by atoms with van der Waals surface area (Å²) < 4.78 is 5.29. The highest BCUT2D eigenvalue weighted by atomic mass is 16.3. The lowest BCUT2D eigenvalue weighted by Gasteiger charge is -2.04. The Hall–Kier alpha value is -2.14. The number of carbonyl (C=O) groups is 1. The van der Waals surface area contributed by atoms with Crippen LogP contribution in [0.1, 0.15) is 60.6 Å². The summed E-state index contributed by atoms with van der Waals surface area (Å²) in [7, 11) is 0. The number of hydrogen-bond donors (Lipinski definition) is 2. The summed E-state index contributed by atoms with van der Waals surface area (Å²) in [5, 5.41) is 2.87. The molecule has 1 heterocycles. The van der Waals surface area contributed by atoms with Crippen LogP contribution in [-0.2, 0) is 6.42 Å². The van der Waals surface area contributed by atoms with Gasteiger partial charge in [0, 0.05) is 6.54 Å². The molecule has 3 N–H and O–H groups in total. The van der Waals surface area contributed by atoms with Crippen LogP contribution in [0.4, 0.5) is 0 Å². The fourth-order valence-electron chi connectivity index (χ4n) is 2.39. The fourth-order valence-corrected chi connectivity index (χ4v) is 2.39. The molecule has 2 rings (SSSR count). The van der Waals surface area contributed by atoms with Crippen LogP contribution in [-0.4, -0.2) is 17.4 Å². The molecule has 0 bridgehead atoms.